The summed E-state index contributed by atoms with van der Waals surface area (Å²) in [6.07, 6.45) is 0. The van der Waals surface area contributed by atoms with E-state index in [1.165, 1.54) is 24.3 Å². The van der Waals surface area contributed by atoms with E-state index in [0.717, 1.165) is 0 Å². The van der Waals surface area contributed by atoms with Gasteiger partial charge in [-0.1, -0.05) is 20.8 Å². The number of carboxylic acids is 1. The van der Waals surface area contributed by atoms with Gasteiger partial charge in [0, 0.05) is 5.41 Å². The van der Waals surface area contributed by atoms with Crippen molar-refractivity contribution in [1.29, 1.82) is 0 Å². The summed E-state index contributed by atoms with van der Waals surface area (Å²) in [5.41, 5.74) is -0.614. The molecule has 0 saturated heterocycles. The van der Waals surface area contributed by atoms with Crippen molar-refractivity contribution in [2.24, 2.45) is 5.41 Å². The fraction of sp³-hybridized carbons (Fsp3) is 0.529. The Morgan fingerprint density at radius 2 is 1.54 bits per heavy atom. The van der Waals surface area contributed by atoms with Crippen LogP contribution < -0.4 is 9.84 Å². The second-order valence-corrected chi connectivity index (χ2v) is 6.95. The molecule has 0 unspecified atom stereocenters. The van der Waals surface area contributed by atoms with Crippen molar-refractivity contribution < 1.29 is 33.0 Å². The van der Waals surface area contributed by atoms with E-state index in [0.29, 0.717) is 5.75 Å². The smallest absolute Gasteiger partial charge is 0.338 e. The van der Waals surface area contributed by atoms with Gasteiger partial charge in [0.05, 0.1) is 5.56 Å². The maximum atomic E-state index is 12.8. The highest BCUT2D eigenvalue weighted by Crippen LogP contribution is 2.34. The average molecular weight is 343 g/mol. The molecule has 0 saturated carbocycles. The lowest BCUT2D eigenvalue weighted by Gasteiger charge is -2.39. The summed E-state index contributed by atoms with van der Waals surface area (Å²) in [6, 6.07) is 5.74. The van der Waals surface area contributed by atoms with E-state index in [2.05, 4.69) is 4.74 Å². The lowest BCUT2D eigenvalue weighted by molar-refractivity contribution is -0.331. The molecule has 0 amide bonds. The first-order valence-electron chi connectivity index (χ1n) is 7.32. The van der Waals surface area contributed by atoms with E-state index in [4.69, 9.17) is 4.74 Å². The van der Waals surface area contributed by atoms with Gasteiger partial charge in [-0.25, -0.2) is 4.79 Å². The Kier molecular flexibility index (Phi) is 5.58. The van der Waals surface area contributed by atoms with Crippen LogP contribution in [0, 0.1) is 5.41 Å². The van der Waals surface area contributed by atoms with Gasteiger partial charge in [-0.2, -0.15) is 8.78 Å². The number of carboxylic acid groups (broad SMARTS) is 1. The van der Waals surface area contributed by atoms with Gasteiger partial charge in [0.2, 0.25) is 0 Å². The molecule has 0 spiro atoms. The summed E-state index contributed by atoms with van der Waals surface area (Å²) in [4.78, 5) is 21.8. The molecule has 5 nitrogen and oxygen atoms in total. The molecule has 0 atom stereocenters. The lowest BCUT2D eigenvalue weighted by Crippen LogP contribution is -2.45. The Hall–Kier alpha value is -2.18. The molecule has 1 aromatic carbocycles. The van der Waals surface area contributed by atoms with Crippen molar-refractivity contribution in [3.8, 4) is 5.75 Å². The van der Waals surface area contributed by atoms with Gasteiger partial charge in [0.25, 0.3) is 0 Å². The first kappa shape index (κ1) is 19.9. The zero-order valence-corrected chi connectivity index (χ0v) is 14.3. The fourth-order valence-electron chi connectivity index (χ4n) is 1.41. The van der Waals surface area contributed by atoms with Gasteiger partial charge < -0.3 is 19.4 Å². The van der Waals surface area contributed by atoms with Crippen molar-refractivity contribution >= 4 is 11.9 Å². The van der Waals surface area contributed by atoms with E-state index in [1.54, 1.807) is 0 Å². The van der Waals surface area contributed by atoms with Crippen LogP contribution in [0.15, 0.2) is 24.3 Å². The Labute approximate surface area is 139 Å². The number of ether oxygens (including phenoxy) is 2. The largest absolute Gasteiger partial charge is 0.544 e. The SMILES string of the molecule is CC(C)(C)C(C)(C)Oc1ccc(C(=O)OCC(F)(F)C(=O)[O-])cc1. The van der Waals surface area contributed by atoms with Crippen LogP contribution >= 0.6 is 0 Å². The van der Waals surface area contributed by atoms with Crippen LogP contribution in [0.4, 0.5) is 8.78 Å². The van der Waals surface area contributed by atoms with Crippen molar-refractivity contribution in [3.05, 3.63) is 29.8 Å². The highest BCUT2D eigenvalue weighted by atomic mass is 19.3. The number of carbonyl (C=O) groups excluding carboxylic acids is 2. The molecule has 7 heteroatoms. The predicted octanol–water partition coefficient (Wildman–Crippen LogP) is 2.43. The van der Waals surface area contributed by atoms with Crippen LogP contribution in [0.25, 0.3) is 0 Å². The van der Waals surface area contributed by atoms with Gasteiger partial charge >= 0.3 is 11.9 Å². The number of esters is 1. The van der Waals surface area contributed by atoms with E-state index in [9.17, 15) is 23.5 Å². The summed E-state index contributed by atoms with van der Waals surface area (Å²) in [6.45, 7) is 8.35. The molecular formula is C17H21F2O5-. The number of carbonyl (C=O) groups is 2. The third-order valence-corrected chi connectivity index (χ3v) is 3.95. The molecule has 0 heterocycles. The van der Waals surface area contributed by atoms with Gasteiger partial charge in [0.15, 0.2) is 6.61 Å². The Morgan fingerprint density at radius 1 is 1.04 bits per heavy atom. The summed E-state index contributed by atoms with van der Waals surface area (Å²) < 4.78 is 35.8. The summed E-state index contributed by atoms with van der Waals surface area (Å²) in [5.74, 6) is -7.37. The molecule has 0 aliphatic carbocycles. The molecule has 0 radical (unpaired) electrons. The van der Waals surface area contributed by atoms with Gasteiger partial charge in [-0.3, -0.25) is 0 Å². The molecule has 24 heavy (non-hydrogen) atoms. The molecule has 0 bridgehead atoms. The number of halogens is 2. The summed E-state index contributed by atoms with van der Waals surface area (Å²) >= 11 is 0. The van der Waals surface area contributed by atoms with Crippen molar-refractivity contribution in [2.75, 3.05) is 6.61 Å². The van der Waals surface area contributed by atoms with Crippen LogP contribution in [-0.4, -0.2) is 30.1 Å². The van der Waals surface area contributed by atoms with E-state index in [1.807, 2.05) is 34.6 Å². The topological polar surface area (TPSA) is 75.7 Å². The predicted molar refractivity (Wildman–Crippen MR) is 80.8 cm³/mol. The zero-order valence-electron chi connectivity index (χ0n) is 14.3. The molecule has 0 aliphatic rings. The molecule has 0 aliphatic heterocycles. The quantitative estimate of drug-likeness (QED) is 0.742. The van der Waals surface area contributed by atoms with Crippen LogP contribution in [0.2, 0.25) is 0 Å². The number of hydrogen-bond acceptors (Lipinski definition) is 5. The van der Waals surface area contributed by atoms with Crippen molar-refractivity contribution in [1.82, 2.24) is 0 Å². The Morgan fingerprint density at radius 3 is 1.96 bits per heavy atom. The second-order valence-electron chi connectivity index (χ2n) is 6.95. The van der Waals surface area contributed by atoms with Crippen LogP contribution in [0.3, 0.4) is 0 Å². The maximum Gasteiger partial charge on any atom is 0.338 e. The standard InChI is InChI=1S/C17H22F2O5/c1-15(2,3)16(4,5)24-12-8-6-11(7-9-12)13(20)23-10-17(18,19)14(21)22/h6-9H,10H2,1-5H3,(H,21,22)/p-1. The van der Waals surface area contributed by atoms with E-state index in [-0.39, 0.29) is 11.0 Å². The summed E-state index contributed by atoms with van der Waals surface area (Å²) in [5, 5.41) is 10.2. The first-order chi connectivity index (χ1) is 10.8. The number of aliphatic carboxylic acids is 1. The molecule has 0 aromatic heterocycles. The average Bonchev–Trinajstić information content (AvgIpc) is 2.44. The van der Waals surface area contributed by atoms with Crippen LogP contribution in [-0.2, 0) is 9.53 Å². The minimum atomic E-state index is -4.23. The van der Waals surface area contributed by atoms with Crippen molar-refractivity contribution in [2.45, 2.75) is 46.1 Å². The van der Waals surface area contributed by atoms with Crippen LogP contribution in [0.1, 0.15) is 45.0 Å². The molecule has 134 valence electrons. The molecule has 0 N–H and O–H groups in total. The van der Waals surface area contributed by atoms with Gasteiger partial charge in [-0.05, 0) is 38.1 Å². The Balaban J connectivity index is 2.74. The lowest BCUT2D eigenvalue weighted by atomic mass is 9.79. The number of alkyl halides is 2. The van der Waals surface area contributed by atoms with Gasteiger partial charge in [0.1, 0.15) is 17.3 Å². The maximum absolute atomic E-state index is 12.8. The van der Waals surface area contributed by atoms with E-state index < -0.39 is 30.1 Å². The first-order valence-corrected chi connectivity index (χ1v) is 7.32. The molecular weight excluding hydrogens is 322 g/mol. The normalized spacial score (nSPS) is 12.6. The zero-order chi connectivity index (χ0) is 18.8. The summed E-state index contributed by atoms with van der Waals surface area (Å²) in [7, 11) is 0. The number of rotatable bonds is 6. The van der Waals surface area contributed by atoms with Crippen LogP contribution in [0.5, 0.6) is 5.75 Å². The van der Waals surface area contributed by atoms with E-state index >= 15 is 0 Å². The Bertz CT molecular complexity index is 600. The highest BCUT2D eigenvalue weighted by molar-refractivity contribution is 5.89. The van der Waals surface area contributed by atoms with Crippen molar-refractivity contribution in [3.63, 3.8) is 0 Å². The second kappa shape index (κ2) is 6.75. The molecule has 0 fully saturated rings. The number of benzene rings is 1. The minimum Gasteiger partial charge on any atom is -0.544 e. The minimum absolute atomic E-state index is 0.00469. The third kappa shape index (κ3) is 4.91. The third-order valence-electron chi connectivity index (χ3n) is 3.95. The highest BCUT2D eigenvalue weighted by Gasteiger charge is 2.35. The molecule has 1 rings (SSSR count). The number of hydrogen-bond donors (Lipinski definition) is 0. The fourth-order valence-corrected chi connectivity index (χ4v) is 1.41. The molecule has 1 aromatic rings. The van der Waals surface area contributed by atoms with Gasteiger partial charge in [-0.15, -0.1) is 0 Å². The monoisotopic (exact) mass is 343 g/mol.